The molecule has 0 bridgehead atoms. The zero-order valence-electron chi connectivity index (χ0n) is 16.9. The minimum absolute atomic E-state index is 0.0293. The zero-order valence-corrected chi connectivity index (χ0v) is 17.7. The molecule has 9 nitrogen and oxygen atoms in total. The maximum absolute atomic E-state index is 12.4. The van der Waals surface area contributed by atoms with E-state index in [0.29, 0.717) is 17.6 Å². The molecule has 3 amide bonds. The van der Waals surface area contributed by atoms with Crippen LogP contribution in [-0.4, -0.2) is 36.2 Å². The van der Waals surface area contributed by atoms with Crippen LogP contribution in [0.3, 0.4) is 0 Å². The Kier molecular flexibility index (Phi) is 9.53. The predicted octanol–water partition coefficient (Wildman–Crippen LogP) is 2.37. The van der Waals surface area contributed by atoms with Gasteiger partial charge >= 0.3 is 5.97 Å². The summed E-state index contributed by atoms with van der Waals surface area (Å²) in [6.45, 7) is 1.66. The van der Waals surface area contributed by atoms with Crippen molar-refractivity contribution in [2.75, 3.05) is 18.5 Å². The first-order chi connectivity index (χ1) is 14.9. The molecular formula is C21H24N4O5S. The molecule has 2 aromatic rings. The van der Waals surface area contributed by atoms with Crippen LogP contribution in [0.5, 0.6) is 0 Å². The number of ether oxygens (including phenoxy) is 1. The van der Waals surface area contributed by atoms with Crippen LogP contribution >= 0.6 is 11.9 Å². The highest BCUT2D eigenvalue weighted by Crippen LogP contribution is 2.17. The summed E-state index contributed by atoms with van der Waals surface area (Å²) < 4.78 is 4.98. The van der Waals surface area contributed by atoms with Gasteiger partial charge in [0.15, 0.2) is 0 Å². The van der Waals surface area contributed by atoms with Gasteiger partial charge in [0.25, 0.3) is 11.1 Å². The van der Waals surface area contributed by atoms with E-state index < -0.39 is 29.1 Å². The van der Waals surface area contributed by atoms with Crippen LogP contribution in [0.2, 0.25) is 0 Å². The van der Waals surface area contributed by atoms with Crippen LogP contribution in [0.1, 0.15) is 35.3 Å². The van der Waals surface area contributed by atoms with E-state index in [1.165, 1.54) is 6.07 Å². The molecular weight excluding hydrogens is 420 g/mol. The van der Waals surface area contributed by atoms with Crippen molar-refractivity contribution in [1.29, 1.82) is 0 Å². The van der Waals surface area contributed by atoms with Crippen molar-refractivity contribution in [1.82, 2.24) is 10.6 Å². The smallest absolute Gasteiger partial charge is 0.308 e. The number of nitrogens with one attached hydrogen (secondary N) is 3. The van der Waals surface area contributed by atoms with Crippen molar-refractivity contribution in [3.05, 3.63) is 65.7 Å². The van der Waals surface area contributed by atoms with Crippen molar-refractivity contribution in [3.8, 4) is 0 Å². The number of rotatable bonds is 9. The lowest BCUT2D eigenvalue weighted by Crippen LogP contribution is -2.39. The molecule has 5 N–H and O–H groups in total. The first-order valence-corrected chi connectivity index (χ1v) is 10.4. The van der Waals surface area contributed by atoms with Crippen molar-refractivity contribution in [3.63, 3.8) is 0 Å². The monoisotopic (exact) mass is 444 g/mol. The van der Waals surface area contributed by atoms with Crippen LogP contribution in [0.4, 0.5) is 10.5 Å². The number of hydrogen-bond donors (Lipinski definition) is 4. The maximum Gasteiger partial charge on any atom is 0.308 e. The molecule has 0 saturated heterocycles. The second kappa shape index (κ2) is 12.4. The van der Waals surface area contributed by atoms with Gasteiger partial charge in [-0.3, -0.25) is 24.3 Å². The van der Waals surface area contributed by atoms with Gasteiger partial charge in [-0.1, -0.05) is 36.4 Å². The van der Waals surface area contributed by atoms with Crippen molar-refractivity contribution in [2.45, 2.75) is 19.4 Å². The van der Waals surface area contributed by atoms with E-state index in [1.807, 2.05) is 6.07 Å². The molecule has 0 radical (unpaired) electrons. The van der Waals surface area contributed by atoms with E-state index in [9.17, 15) is 19.2 Å². The highest BCUT2D eigenvalue weighted by atomic mass is 32.2. The fraction of sp³-hybridized carbons (Fsp3) is 0.238. The van der Waals surface area contributed by atoms with Gasteiger partial charge in [0, 0.05) is 23.2 Å². The van der Waals surface area contributed by atoms with Gasteiger partial charge in [-0.2, -0.15) is 0 Å². The Morgan fingerprint density at radius 2 is 1.81 bits per heavy atom. The van der Waals surface area contributed by atoms with Crippen molar-refractivity contribution < 1.29 is 23.9 Å². The van der Waals surface area contributed by atoms with E-state index in [2.05, 4.69) is 16.0 Å². The summed E-state index contributed by atoms with van der Waals surface area (Å²) >= 11 is 0.522. The molecule has 0 aromatic heterocycles. The maximum atomic E-state index is 12.4. The van der Waals surface area contributed by atoms with E-state index in [-0.39, 0.29) is 25.1 Å². The van der Waals surface area contributed by atoms with Gasteiger partial charge in [-0.25, -0.2) is 0 Å². The molecule has 0 aliphatic heterocycles. The van der Waals surface area contributed by atoms with Crippen LogP contribution in [-0.2, 0) is 14.3 Å². The zero-order chi connectivity index (χ0) is 22.6. The summed E-state index contributed by atoms with van der Waals surface area (Å²) in [6.07, 6.45) is -0.0293. The molecule has 164 valence electrons. The van der Waals surface area contributed by atoms with E-state index in [4.69, 9.17) is 9.88 Å². The summed E-state index contributed by atoms with van der Waals surface area (Å²) in [5.41, 5.74) is 1.41. The quantitative estimate of drug-likeness (QED) is 0.344. The number of hydrogen-bond acceptors (Lipinski definition) is 7. The third kappa shape index (κ3) is 8.11. The number of nitrogens with two attached hydrogens (primary N) is 1. The molecule has 0 fully saturated rings. The average molecular weight is 445 g/mol. The predicted molar refractivity (Wildman–Crippen MR) is 118 cm³/mol. The van der Waals surface area contributed by atoms with Gasteiger partial charge in [0.2, 0.25) is 5.91 Å². The van der Waals surface area contributed by atoms with Crippen LogP contribution < -0.4 is 21.1 Å². The van der Waals surface area contributed by atoms with E-state index in [1.54, 1.807) is 49.4 Å². The van der Waals surface area contributed by atoms with Gasteiger partial charge in [-0.05, 0) is 30.7 Å². The highest BCUT2D eigenvalue weighted by Gasteiger charge is 2.19. The number of amides is 3. The Morgan fingerprint density at radius 3 is 2.48 bits per heavy atom. The Labute approximate surface area is 184 Å². The summed E-state index contributed by atoms with van der Waals surface area (Å²) in [4.78, 5) is 48.0. The molecule has 2 rings (SSSR count). The standard InChI is InChI=1S/C21H24N4O5S/c1-2-30-19(27)12-17(14-7-4-3-5-8-14)25-18(26)13-23-20(28)15-9-6-10-16(11-15)24-21(29)31-22/h3-11,17H,2,12-13,22H2,1H3,(H,23,28)(H,24,29)(H,25,26). The molecule has 1 atom stereocenters. The topological polar surface area (TPSA) is 140 Å². The molecule has 0 aliphatic carbocycles. The molecule has 0 aliphatic rings. The normalized spacial score (nSPS) is 11.2. The largest absolute Gasteiger partial charge is 0.466 e. The average Bonchev–Trinajstić information content (AvgIpc) is 2.78. The Balaban J connectivity index is 1.96. The second-order valence-electron chi connectivity index (χ2n) is 6.33. The Morgan fingerprint density at radius 1 is 1.06 bits per heavy atom. The summed E-state index contributed by atoms with van der Waals surface area (Å²) in [5, 5.41) is 12.5. The van der Waals surface area contributed by atoms with Gasteiger partial charge in [0.1, 0.15) is 0 Å². The fourth-order valence-electron chi connectivity index (χ4n) is 2.72. The first-order valence-electron chi connectivity index (χ1n) is 9.48. The number of carbonyl (C=O) groups is 4. The van der Waals surface area contributed by atoms with E-state index >= 15 is 0 Å². The molecule has 1 unspecified atom stereocenters. The lowest BCUT2D eigenvalue weighted by molar-refractivity contribution is -0.143. The SMILES string of the molecule is CCOC(=O)CC(NC(=O)CNC(=O)c1cccc(NC(=O)SN)c1)c1ccccc1. The lowest BCUT2D eigenvalue weighted by atomic mass is 10.0. The molecule has 10 heteroatoms. The molecule has 2 aromatic carbocycles. The summed E-state index contributed by atoms with van der Waals surface area (Å²) in [5.74, 6) is -1.39. The van der Waals surface area contributed by atoms with Gasteiger partial charge in [-0.15, -0.1) is 0 Å². The number of benzene rings is 2. The highest BCUT2D eigenvalue weighted by molar-refractivity contribution is 8.11. The molecule has 0 heterocycles. The van der Waals surface area contributed by atoms with Crippen LogP contribution in [0.15, 0.2) is 54.6 Å². The second-order valence-corrected chi connectivity index (χ2v) is 6.94. The number of anilines is 1. The van der Waals surface area contributed by atoms with Gasteiger partial charge in [0.05, 0.1) is 25.6 Å². The number of carbonyl (C=O) groups excluding carboxylic acids is 4. The Bertz CT molecular complexity index is 923. The molecule has 0 spiro atoms. The van der Waals surface area contributed by atoms with Crippen molar-refractivity contribution in [2.24, 2.45) is 5.14 Å². The van der Waals surface area contributed by atoms with Crippen LogP contribution in [0, 0.1) is 0 Å². The molecule has 0 saturated carbocycles. The molecule has 31 heavy (non-hydrogen) atoms. The third-order valence-corrected chi connectivity index (χ3v) is 4.42. The fourth-order valence-corrected chi connectivity index (χ4v) is 2.89. The van der Waals surface area contributed by atoms with E-state index in [0.717, 1.165) is 5.56 Å². The third-order valence-electron chi connectivity index (χ3n) is 4.10. The lowest BCUT2D eigenvalue weighted by Gasteiger charge is -2.18. The number of esters is 1. The summed E-state index contributed by atoms with van der Waals surface area (Å²) in [6, 6.07) is 14.7. The first kappa shape index (κ1) is 23.9. The van der Waals surface area contributed by atoms with Crippen molar-refractivity contribution >= 4 is 40.7 Å². The minimum Gasteiger partial charge on any atom is -0.466 e. The van der Waals surface area contributed by atoms with Crippen LogP contribution in [0.25, 0.3) is 0 Å². The minimum atomic E-state index is -0.586. The van der Waals surface area contributed by atoms with Gasteiger partial charge < -0.3 is 20.7 Å². The summed E-state index contributed by atoms with van der Waals surface area (Å²) in [7, 11) is 0. The Hall–Kier alpha value is -3.37.